The molecule has 0 spiro atoms. The number of rotatable bonds is 1. The molecule has 2 aromatic rings. The highest BCUT2D eigenvalue weighted by Gasteiger charge is 2.18. The van der Waals surface area contributed by atoms with Crippen LogP contribution in [0.5, 0.6) is 0 Å². The number of hydrogen-bond acceptors (Lipinski definition) is 1. The zero-order chi connectivity index (χ0) is 9.54. The van der Waals surface area contributed by atoms with Crippen LogP contribution in [0.2, 0.25) is 0 Å². The zero-order valence-electron chi connectivity index (χ0n) is 8.33. The third kappa shape index (κ3) is 0.897. The van der Waals surface area contributed by atoms with Crippen molar-refractivity contribution in [3.05, 3.63) is 42.0 Å². The molecule has 1 nitrogen and oxygen atoms in total. The lowest BCUT2D eigenvalue weighted by atomic mass is 10.1. The standard InChI is InChI=1S/C13H13N/c1-2-14-9-11-7-3-5-10-6-4-8-12(14)13(10)11/h3-8H,2,9H2,1H3. The molecule has 70 valence electrons. The normalized spacial score (nSPS) is 13.9. The van der Waals surface area contributed by atoms with Crippen molar-refractivity contribution in [2.75, 3.05) is 11.4 Å². The van der Waals surface area contributed by atoms with Crippen LogP contribution in [0.15, 0.2) is 36.4 Å². The molecule has 1 heterocycles. The van der Waals surface area contributed by atoms with E-state index in [1.54, 1.807) is 0 Å². The average molecular weight is 183 g/mol. The van der Waals surface area contributed by atoms with Crippen LogP contribution < -0.4 is 4.90 Å². The Hall–Kier alpha value is -1.50. The first-order valence-corrected chi connectivity index (χ1v) is 5.15. The van der Waals surface area contributed by atoms with Crippen molar-refractivity contribution in [3.63, 3.8) is 0 Å². The van der Waals surface area contributed by atoms with Gasteiger partial charge in [-0.05, 0) is 23.9 Å². The molecule has 0 saturated heterocycles. The number of benzene rings is 2. The van der Waals surface area contributed by atoms with Crippen molar-refractivity contribution < 1.29 is 0 Å². The van der Waals surface area contributed by atoms with Gasteiger partial charge in [0.05, 0.1) is 0 Å². The SMILES string of the molecule is CCN1Cc2cccc3cccc1c23. The van der Waals surface area contributed by atoms with E-state index in [1.165, 1.54) is 22.0 Å². The van der Waals surface area contributed by atoms with Gasteiger partial charge in [0.2, 0.25) is 0 Å². The second kappa shape index (κ2) is 2.74. The number of nitrogens with zero attached hydrogens (tertiary/aromatic N) is 1. The third-order valence-electron chi connectivity index (χ3n) is 3.05. The summed E-state index contributed by atoms with van der Waals surface area (Å²) in [6, 6.07) is 13.2. The zero-order valence-corrected chi connectivity index (χ0v) is 8.33. The molecule has 1 heteroatoms. The van der Waals surface area contributed by atoms with Crippen molar-refractivity contribution in [2.24, 2.45) is 0 Å². The summed E-state index contributed by atoms with van der Waals surface area (Å²) in [6.45, 7) is 4.38. The number of anilines is 1. The lowest BCUT2D eigenvalue weighted by Crippen LogP contribution is -2.16. The predicted octanol–water partition coefficient (Wildman–Crippen LogP) is 3.18. The first-order chi connectivity index (χ1) is 6.90. The maximum Gasteiger partial charge on any atom is 0.0452 e. The fourth-order valence-electron chi connectivity index (χ4n) is 2.37. The maximum absolute atomic E-state index is 2.43. The van der Waals surface area contributed by atoms with E-state index in [2.05, 4.69) is 48.2 Å². The molecule has 0 aliphatic carbocycles. The molecule has 0 fully saturated rings. The molecule has 3 rings (SSSR count). The molecule has 0 unspecified atom stereocenters. The Labute approximate surface area is 84.0 Å². The van der Waals surface area contributed by atoms with E-state index in [-0.39, 0.29) is 0 Å². The minimum absolute atomic E-state index is 1.08. The van der Waals surface area contributed by atoms with Gasteiger partial charge in [0.15, 0.2) is 0 Å². The summed E-state index contributed by atoms with van der Waals surface area (Å²) in [5.41, 5.74) is 2.88. The van der Waals surface area contributed by atoms with Gasteiger partial charge >= 0.3 is 0 Å². The lowest BCUT2D eigenvalue weighted by Gasteiger charge is -2.16. The second-order valence-corrected chi connectivity index (χ2v) is 3.81. The van der Waals surface area contributed by atoms with Gasteiger partial charge in [-0.25, -0.2) is 0 Å². The van der Waals surface area contributed by atoms with Crippen molar-refractivity contribution in [1.82, 2.24) is 0 Å². The van der Waals surface area contributed by atoms with E-state index in [9.17, 15) is 0 Å². The summed E-state index contributed by atoms with van der Waals surface area (Å²) >= 11 is 0. The van der Waals surface area contributed by atoms with Crippen LogP contribution in [0.1, 0.15) is 12.5 Å². The highest BCUT2D eigenvalue weighted by Crippen LogP contribution is 2.36. The molecule has 0 atom stereocenters. The molecule has 0 saturated carbocycles. The quantitative estimate of drug-likeness (QED) is 0.656. The van der Waals surface area contributed by atoms with Gasteiger partial charge in [0, 0.05) is 24.2 Å². The molecule has 0 aromatic heterocycles. The second-order valence-electron chi connectivity index (χ2n) is 3.81. The first kappa shape index (κ1) is 7.86. The molecule has 0 bridgehead atoms. The molecule has 0 N–H and O–H groups in total. The Bertz CT molecular complexity index is 482. The monoisotopic (exact) mass is 183 g/mol. The summed E-state index contributed by atoms with van der Waals surface area (Å²) in [4.78, 5) is 2.43. The van der Waals surface area contributed by atoms with Crippen LogP contribution in [0.25, 0.3) is 10.8 Å². The van der Waals surface area contributed by atoms with Crippen LogP contribution >= 0.6 is 0 Å². The summed E-state index contributed by atoms with van der Waals surface area (Å²) in [5.74, 6) is 0. The van der Waals surface area contributed by atoms with Crippen molar-refractivity contribution in [1.29, 1.82) is 0 Å². The van der Waals surface area contributed by atoms with E-state index < -0.39 is 0 Å². The Morgan fingerprint density at radius 3 is 2.71 bits per heavy atom. The summed E-state index contributed by atoms with van der Waals surface area (Å²) in [6.07, 6.45) is 0. The summed E-state index contributed by atoms with van der Waals surface area (Å²) in [5, 5.41) is 2.83. The largest absolute Gasteiger partial charge is 0.367 e. The molecular weight excluding hydrogens is 170 g/mol. The molecule has 14 heavy (non-hydrogen) atoms. The molecule has 2 aromatic carbocycles. The molecular formula is C13H13N. The number of hydrogen-bond donors (Lipinski definition) is 0. The average Bonchev–Trinajstić information content (AvgIpc) is 2.60. The molecule has 1 aliphatic heterocycles. The fraction of sp³-hybridized carbons (Fsp3) is 0.231. The van der Waals surface area contributed by atoms with Crippen LogP contribution in [0.3, 0.4) is 0 Å². The van der Waals surface area contributed by atoms with Crippen molar-refractivity contribution in [3.8, 4) is 0 Å². The van der Waals surface area contributed by atoms with Crippen LogP contribution in [0, 0.1) is 0 Å². The highest BCUT2D eigenvalue weighted by molar-refractivity contribution is 5.99. The topological polar surface area (TPSA) is 3.24 Å². The summed E-state index contributed by atoms with van der Waals surface area (Å²) in [7, 11) is 0. The highest BCUT2D eigenvalue weighted by atomic mass is 15.1. The molecule has 0 radical (unpaired) electrons. The van der Waals surface area contributed by atoms with Gasteiger partial charge < -0.3 is 4.90 Å². The first-order valence-electron chi connectivity index (χ1n) is 5.15. The van der Waals surface area contributed by atoms with Gasteiger partial charge in [-0.15, -0.1) is 0 Å². The smallest absolute Gasteiger partial charge is 0.0452 e. The third-order valence-corrected chi connectivity index (χ3v) is 3.05. The fourth-order valence-corrected chi connectivity index (χ4v) is 2.37. The Morgan fingerprint density at radius 2 is 1.93 bits per heavy atom. The minimum Gasteiger partial charge on any atom is -0.367 e. The molecule has 0 amide bonds. The van der Waals surface area contributed by atoms with Gasteiger partial charge in [-0.1, -0.05) is 30.3 Å². The van der Waals surface area contributed by atoms with Gasteiger partial charge in [0.1, 0.15) is 0 Å². The van der Waals surface area contributed by atoms with Crippen molar-refractivity contribution >= 4 is 16.5 Å². The lowest BCUT2D eigenvalue weighted by molar-refractivity contribution is 0.862. The predicted molar refractivity (Wildman–Crippen MR) is 60.7 cm³/mol. The van der Waals surface area contributed by atoms with E-state index in [4.69, 9.17) is 0 Å². The summed E-state index contributed by atoms with van der Waals surface area (Å²) < 4.78 is 0. The Kier molecular flexibility index (Phi) is 1.54. The van der Waals surface area contributed by atoms with Gasteiger partial charge in [0.25, 0.3) is 0 Å². The molecule has 1 aliphatic rings. The maximum atomic E-state index is 2.43. The van der Waals surface area contributed by atoms with E-state index in [0.717, 1.165) is 13.1 Å². The van der Waals surface area contributed by atoms with E-state index >= 15 is 0 Å². The van der Waals surface area contributed by atoms with Crippen molar-refractivity contribution in [2.45, 2.75) is 13.5 Å². The Morgan fingerprint density at radius 1 is 1.14 bits per heavy atom. The minimum atomic E-state index is 1.08. The van der Waals surface area contributed by atoms with Gasteiger partial charge in [-0.2, -0.15) is 0 Å². The van der Waals surface area contributed by atoms with Gasteiger partial charge in [-0.3, -0.25) is 0 Å². The van der Waals surface area contributed by atoms with Crippen LogP contribution in [-0.2, 0) is 6.54 Å². The Balaban J connectivity index is 2.38. The van der Waals surface area contributed by atoms with E-state index in [0.29, 0.717) is 0 Å². The van der Waals surface area contributed by atoms with Crippen LogP contribution in [0.4, 0.5) is 5.69 Å². The van der Waals surface area contributed by atoms with Crippen LogP contribution in [-0.4, -0.2) is 6.54 Å². The van der Waals surface area contributed by atoms with E-state index in [1.807, 2.05) is 0 Å².